The Balaban J connectivity index is 1.52. The Morgan fingerprint density at radius 3 is 2.90 bits per heavy atom. The van der Waals surface area contributed by atoms with Gasteiger partial charge in [0.15, 0.2) is 0 Å². The number of carbonyl (C=O) groups excluding carboxylic acids is 1. The van der Waals surface area contributed by atoms with Crippen LogP contribution in [0.25, 0.3) is 0 Å². The number of rotatable bonds is 3. The van der Waals surface area contributed by atoms with E-state index in [1.807, 2.05) is 23.1 Å². The molecule has 3 rings (SSSR count). The predicted octanol–water partition coefficient (Wildman–Crippen LogP) is 1.49. The molecule has 20 heavy (non-hydrogen) atoms. The van der Waals surface area contributed by atoms with Crippen LogP contribution < -0.4 is 4.74 Å². The second-order valence-electron chi connectivity index (χ2n) is 5.37. The molecule has 5 nitrogen and oxygen atoms in total. The molecule has 5 heteroatoms. The topological polar surface area (TPSA) is 51.7 Å². The molecular weight excluding hydrogens is 256 g/mol. The fourth-order valence-corrected chi connectivity index (χ4v) is 2.81. The maximum atomic E-state index is 12.4. The fourth-order valence-electron chi connectivity index (χ4n) is 2.81. The van der Waals surface area contributed by atoms with Crippen molar-refractivity contribution in [1.29, 1.82) is 0 Å². The van der Waals surface area contributed by atoms with Crippen molar-refractivity contribution < 1.29 is 14.3 Å². The Hall–Kier alpha value is -1.62. The number of hydrogen-bond acceptors (Lipinski definition) is 4. The van der Waals surface area contributed by atoms with E-state index in [0.717, 1.165) is 25.8 Å². The summed E-state index contributed by atoms with van der Waals surface area (Å²) in [6.07, 6.45) is 4.36. The minimum atomic E-state index is 0.0636. The number of nitrogens with zero attached hydrogens (tertiary/aromatic N) is 2. The van der Waals surface area contributed by atoms with Gasteiger partial charge in [0.25, 0.3) is 0 Å². The van der Waals surface area contributed by atoms with Crippen molar-refractivity contribution in [1.82, 2.24) is 9.88 Å². The summed E-state index contributed by atoms with van der Waals surface area (Å²) < 4.78 is 11.1. The summed E-state index contributed by atoms with van der Waals surface area (Å²) >= 11 is 0. The summed E-state index contributed by atoms with van der Waals surface area (Å²) in [4.78, 5) is 18.5. The lowest BCUT2D eigenvalue weighted by molar-refractivity contribution is -0.137. The first-order valence-corrected chi connectivity index (χ1v) is 7.27. The number of hydrogen-bond donors (Lipinski definition) is 0. The molecule has 1 amide bonds. The summed E-state index contributed by atoms with van der Waals surface area (Å²) in [7, 11) is 0. The zero-order valence-corrected chi connectivity index (χ0v) is 11.5. The lowest BCUT2D eigenvalue weighted by Gasteiger charge is -2.26. The average molecular weight is 276 g/mol. The first-order valence-electron chi connectivity index (χ1n) is 7.27. The first-order chi connectivity index (χ1) is 9.83. The van der Waals surface area contributed by atoms with Crippen LogP contribution in [0, 0.1) is 5.92 Å². The highest BCUT2D eigenvalue weighted by Gasteiger charge is 2.32. The van der Waals surface area contributed by atoms with Gasteiger partial charge in [-0.25, -0.2) is 4.98 Å². The second-order valence-corrected chi connectivity index (χ2v) is 5.37. The SMILES string of the molecule is O=C(C1CCOCC1)N1CC[C@@H](Oc2ccccn2)C1. The van der Waals surface area contributed by atoms with Gasteiger partial charge in [0.2, 0.25) is 11.8 Å². The molecule has 0 aromatic carbocycles. The molecule has 1 atom stereocenters. The summed E-state index contributed by atoms with van der Waals surface area (Å²) in [5.74, 6) is 1.04. The third kappa shape index (κ3) is 3.10. The first kappa shape index (κ1) is 13.4. The molecule has 0 bridgehead atoms. The Labute approximate surface area is 118 Å². The number of likely N-dealkylation sites (tertiary alicyclic amines) is 1. The molecule has 0 aliphatic carbocycles. The third-order valence-electron chi connectivity index (χ3n) is 3.95. The van der Waals surface area contributed by atoms with Crippen LogP contribution in [0.1, 0.15) is 19.3 Å². The van der Waals surface area contributed by atoms with Crippen molar-refractivity contribution in [2.75, 3.05) is 26.3 Å². The van der Waals surface area contributed by atoms with Crippen molar-refractivity contribution in [3.05, 3.63) is 24.4 Å². The average Bonchev–Trinajstić information content (AvgIpc) is 2.97. The van der Waals surface area contributed by atoms with Gasteiger partial charge in [-0.2, -0.15) is 0 Å². The highest BCUT2D eigenvalue weighted by atomic mass is 16.5. The monoisotopic (exact) mass is 276 g/mol. The van der Waals surface area contributed by atoms with E-state index in [1.165, 1.54) is 0 Å². The number of carbonyl (C=O) groups is 1. The Morgan fingerprint density at radius 1 is 1.30 bits per heavy atom. The van der Waals surface area contributed by atoms with Crippen molar-refractivity contribution in [3.63, 3.8) is 0 Å². The summed E-state index contributed by atoms with van der Waals surface area (Å²) in [5, 5.41) is 0. The standard InChI is InChI=1S/C15H20N2O3/c18-15(12-5-9-19-10-6-12)17-8-4-13(11-17)20-14-3-1-2-7-16-14/h1-3,7,12-13H,4-6,8-11H2/t13-/m1/s1. The van der Waals surface area contributed by atoms with E-state index in [-0.39, 0.29) is 17.9 Å². The van der Waals surface area contributed by atoms with Crippen LogP contribution in [-0.2, 0) is 9.53 Å². The maximum absolute atomic E-state index is 12.4. The molecule has 0 spiro atoms. The minimum absolute atomic E-state index is 0.0636. The van der Waals surface area contributed by atoms with E-state index in [1.54, 1.807) is 6.20 Å². The molecule has 3 heterocycles. The van der Waals surface area contributed by atoms with Crippen LogP contribution in [0.4, 0.5) is 0 Å². The van der Waals surface area contributed by atoms with Gasteiger partial charge in [0.1, 0.15) is 6.10 Å². The molecule has 0 saturated carbocycles. The van der Waals surface area contributed by atoms with Gasteiger partial charge in [0, 0.05) is 44.4 Å². The normalized spacial score (nSPS) is 23.8. The molecule has 2 saturated heterocycles. The van der Waals surface area contributed by atoms with Gasteiger partial charge in [-0.3, -0.25) is 4.79 Å². The molecule has 0 unspecified atom stereocenters. The summed E-state index contributed by atoms with van der Waals surface area (Å²) in [6, 6.07) is 5.62. The Morgan fingerprint density at radius 2 is 2.15 bits per heavy atom. The molecule has 0 radical (unpaired) electrons. The molecule has 1 aromatic heterocycles. The molecule has 2 aliphatic heterocycles. The molecule has 2 aliphatic rings. The van der Waals surface area contributed by atoms with Gasteiger partial charge < -0.3 is 14.4 Å². The van der Waals surface area contributed by atoms with Crippen LogP contribution in [0.3, 0.4) is 0 Å². The van der Waals surface area contributed by atoms with Crippen LogP contribution in [0.2, 0.25) is 0 Å². The van der Waals surface area contributed by atoms with E-state index in [9.17, 15) is 4.79 Å². The van der Waals surface area contributed by atoms with Gasteiger partial charge in [-0.15, -0.1) is 0 Å². The summed E-state index contributed by atoms with van der Waals surface area (Å²) in [6.45, 7) is 2.87. The van der Waals surface area contributed by atoms with E-state index in [0.29, 0.717) is 25.6 Å². The van der Waals surface area contributed by atoms with Crippen LogP contribution in [0.5, 0.6) is 5.88 Å². The Bertz CT molecular complexity index is 446. The smallest absolute Gasteiger partial charge is 0.225 e. The largest absolute Gasteiger partial charge is 0.472 e. The van der Waals surface area contributed by atoms with E-state index < -0.39 is 0 Å². The second kappa shape index (κ2) is 6.22. The number of ether oxygens (including phenoxy) is 2. The molecular formula is C15H20N2O3. The minimum Gasteiger partial charge on any atom is -0.472 e. The van der Waals surface area contributed by atoms with Crippen molar-refractivity contribution in [2.24, 2.45) is 5.92 Å². The quantitative estimate of drug-likeness (QED) is 0.839. The summed E-state index contributed by atoms with van der Waals surface area (Å²) in [5.41, 5.74) is 0. The highest BCUT2D eigenvalue weighted by molar-refractivity contribution is 5.79. The maximum Gasteiger partial charge on any atom is 0.225 e. The lowest BCUT2D eigenvalue weighted by atomic mass is 9.99. The third-order valence-corrected chi connectivity index (χ3v) is 3.95. The molecule has 1 aromatic rings. The molecule has 2 fully saturated rings. The number of pyridine rings is 1. The lowest BCUT2D eigenvalue weighted by Crippen LogP contribution is -2.38. The van der Waals surface area contributed by atoms with Gasteiger partial charge in [-0.05, 0) is 18.9 Å². The molecule has 108 valence electrons. The van der Waals surface area contributed by atoms with Crippen molar-refractivity contribution in [3.8, 4) is 5.88 Å². The fraction of sp³-hybridized carbons (Fsp3) is 0.600. The van der Waals surface area contributed by atoms with E-state index in [4.69, 9.17) is 9.47 Å². The van der Waals surface area contributed by atoms with Crippen molar-refractivity contribution in [2.45, 2.75) is 25.4 Å². The predicted molar refractivity (Wildman–Crippen MR) is 73.4 cm³/mol. The molecule has 0 N–H and O–H groups in total. The number of aromatic nitrogens is 1. The number of amides is 1. The van der Waals surface area contributed by atoms with Crippen molar-refractivity contribution >= 4 is 5.91 Å². The Kier molecular flexibility index (Phi) is 4.16. The van der Waals surface area contributed by atoms with Gasteiger partial charge >= 0.3 is 0 Å². The van der Waals surface area contributed by atoms with E-state index >= 15 is 0 Å². The highest BCUT2D eigenvalue weighted by Crippen LogP contribution is 2.22. The zero-order chi connectivity index (χ0) is 13.8. The van der Waals surface area contributed by atoms with Crippen LogP contribution in [0.15, 0.2) is 24.4 Å². The van der Waals surface area contributed by atoms with Gasteiger partial charge in [-0.1, -0.05) is 6.07 Å². The van der Waals surface area contributed by atoms with E-state index in [2.05, 4.69) is 4.98 Å². The van der Waals surface area contributed by atoms with Gasteiger partial charge in [0.05, 0.1) is 6.54 Å². The van der Waals surface area contributed by atoms with Crippen LogP contribution >= 0.6 is 0 Å². The van der Waals surface area contributed by atoms with Crippen LogP contribution in [-0.4, -0.2) is 48.2 Å². The zero-order valence-electron chi connectivity index (χ0n) is 11.5.